The second-order valence-electron chi connectivity index (χ2n) is 7.68. The number of nitrogens with zero attached hydrogens (tertiary/aromatic N) is 3. The summed E-state index contributed by atoms with van der Waals surface area (Å²) in [7, 11) is 0.413. The third-order valence-corrected chi connectivity index (χ3v) is 6.99. The number of anilines is 1. The number of benzene rings is 2. The van der Waals surface area contributed by atoms with E-state index >= 15 is 0 Å². The molecule has 0 unspecified atom stereocenters. The highest BCUT2D eigenvalue weighted by Crippen LogP contribution is 2.21. The molecule has 1 atom stereocenters. The third-order valence-electron chi connectivity index (χ3n) is 5.17. The highest BCUT2D eigenvalue weighted by atomic mass is 32.2. The van der Waals surface area contributed by atoms with E-state index in [9.17, 15) is 18.0 Å². The zero-order valence-corrected chi connectivity index (χ0v) is 20.1. The predicted molar refractivity (Wildman–Crippen MR) is 126 cm³/mol. The monoisotopic (exact) mass is 460 g/mol. The molecule has 2 amide bonds. The molecule has 1 N–H and O–H groups in total. The summed E-state index contributed by atoms with van der Waals surface area (Å²) < 4.78 is 28.2. The van der Waals surface area contributed by atoms with E-state index in [1.54, 1.807) is 30.3 Å². The minimum Gasteiger partial charge on any atom is -0.357 e. The molecule has 0 radical (unpaired) electrons. The first-order chi connectivity index (χ1) is 15.1. The summed E-state index contributed by atoms with van der Waals surface area (Å²) in [4.78, 5) is 27.5. The van der Waals surface area contributed by atoms with Gasteiger partial charge in [-0.15, -0.1) is 0 Å². The lowest BCUT2D eigenvalue weighted by molar-refractivity contribution is -0.140. The Labute approximate surface area is 191 Å². The highest BCUT2D eigenvalue weighted by Gasteiger charge is 2.33. The number of nitrogens with one attached hydrogen (secondary N) is 1. The van der Waals surface area contributed by atoms with E-state index in [1.807, 2.05) is 38.1 Å². The third kappa shape index (κ3) is 6.08. The van der Waals surface area contributed by atoms with Crippen LogP contribution in [0.3, 0.4) is 0 Å². The van der Waals surface area contributed by atoms with Crippen molar-refractivity contribution in [3.05, 3.63) is 65.7 Å². The van der Waals surface area contributed by atoms with Crippen molar-refractivity contribution in [1.82, 2.24) is 14.5 Å². The number of aryl methyl sites for hydroxylation is 1. The molecular weight excluding hydrogens is 428 g/mol. The van der Waals surface area contributed by atoms with Crippen LogP contribution < -0.4 is 9.62 Å². The number of carbonyl (C=O) groups excluding carboxylic acids is 2. The molecule has 0 aliphatic carbocycles. The molecule has 2 aromatic carbocycles. The van der Waals surface area contributed by atoms with Gasteiger partial charge in [-0.25, -0.2) is 4.31 Å². The number of amides is 2. The van der Waals surface area contributed by atoms with Gasteiger partial charge in [0.05, 0.1) is 5.69 Å². The van der Waals surface area contributed by atoms with Crippen molar-refractivity contribution in [2.45, 2.75) is 32.9 Å². The minimum atomic E-state index is -3.94. The highest BCUT2D eigenvalue weighted by molar-refractivity contribution is 7.90. The van der Waals surface area contributed by atoms with E-state index in [0.717, 1.165) is 19.7 Å². The van der Waals surface area contributed by atoms with E-state index in [2.05, 4.69) is 5.32 Å². The molecule has 0 aliphatic heterocycles. The Morgan fingerprint density at radius 3 is 2.09 bits per heavy atom. The van der Waals surface area contributed by atoms with Crippen LogP contribution in [0.4, 0.5) is 5.69 Å². The molecule has 0 aromatic heterocycles. The first kappa shape index (κ1) is 25.4. The van der Waals surface area contributed by atoms with Gasteiger partial charge < -0.3 is 10.2 Å². The van der Waals surface area contributed by atoms with E-state index in [-0.39, 0.29) is 12.5 Å². The fraction of sp³-hybridized carbons (Fsp3) is 0.391. The number of carbonyl (C=O) groups is 2. The van der Waals surface area contributed by atoms with Crippen LogP contribution >= 0.6 is 0 Å². The van der Waals surface area contributed by atoms with Crippen LogP contribution in [0.5, 0.6) is 0 Å². The lowest BCUT2D eigenvalue weighted by Gasteiger charge is -2.33. The van der Waals surface area contributed by atoms with Gasteiger partial charge in [-0.05, 0) is 31.0 Å². The lowest BCUT2D eigenvalue weighted by Crippen LogP contribution is -2.52. The molecule has 0 aliphatic rings. The standard InChI is InChI=1S/C23H32N4O4S/c1-6-21(23(29)24-3)26(16-19-14-12-18(2)13-15-19)22(28)17-27(32(30,31)25(4)5)20-10-8-7-9-11-20/h7-15,21H,6,16-17H2,1-5H3,(H,24,29)/t21-/m0/s1. The molecule has 0 bridgehead atoms. The fourth-order valence-corrected chi connectivity index (χ4v) is 4.34. The van der Waals surface area contributed by atoms with Crippen LogP contribution in [0.25, 0.3) is 0 Å². The van der Waals surface area contributed by atoms with Gasteiger partial charge in [0.1, 0.15) is 12.6 Å². The maximum Gasteiger partial charge on any atom is 0.304 e. The summed E-state index contributed by atoms with van der Waals surface area (Å²) in [5.74, 6) is -0.759. The Morgan fingerprint density at radius 1 is 1.00 bits per heavy atom. The van der Waals surface area contributed by atoms with Crippen LogP contribution in [0.1, 0.15) is 24.5 Å². The van der Waals surface area contributed by atoms with Crippen LogP contribution in [-0.4, -0.2) is 63.2 Å². The van der Waals surface area contributed by atoms with E-state index in [0.29, 0.717) is 12.1 Å². The molecule has 0 saturated heterocycles. The Bertz CT molecular complexity index is 1010. The number of para-hydroxylation sites is 1. The lowest BCUT2D eigenvalue weighted by atomic mass is 10.1. The summed E-state index contributed by atoms with van der Waals surface area (Å²) in [6.45, 7) is 3.55. The molecule has 9 heteroatoms. The Morgan fingerprint density at radius 2 is 1.59 bits per heavy atom. The quantitative estimate of drug-likeness (QED) is 0.588. The smallest absolute Gasteiger partial charge is 0.304 e. The largest absolute Gasteiger partial charge is 0.357 e. The van der Waals surface area contributed by atoms with Crippen molar-refractivity contribution >= 4 is 27.7 Å². The Hall–Kier alpha value is -2.91. The summed E-state index contributed by atoms with van der Waals surface area (Å²) in [5, 5.41) is 2.61. The van der Waals surface area contributed by atoms with Crippen LogP contribution in [0.2, 0.25) is 0 Å². The van der Waals surface area contributed by atoms with Gasteiger partial charge in [0.25, 0.3) is 0 Å². The fourth-order valence-electron chi connectivity index (χ4n) is 3.29. The van der Waals surface area contributed by atoms with Gasteiger partial charge in [-0.3, -0.25) is 9.59 Å². The predicted octanol–water partition coefficient (Wildman–Crippen LogP) is 2.16. The molecular formula is C23H32N4O4S. The SMILES string of the molecule is CC[C@@H](C(=O)NC)N(Cc1ccc(C)cc1)C(=O)CN(c1ccccc1)S(=O)(=O)N(C)C. The van der Waals surface area contributed by atoms with Crippen LogP contribution in [0.15, 0.2) is 54.6 Å². The molecule has 8 nitrogen and oxygen atoms in total. The molecule has 32 heavy (non-hydrogen) atoms. The summed E-state index contributed by atoms with van der Waals surface area (Å²) >= 11 is 0. The van der Waals surface area contributed by atoms with Crippen LogP contribution in [0, 0.1) is 6.92 Å². The maximum absolute atomic E-state index is 13.5. The number of hydrogen-bond acceptors (Lipinski definition) is 4. The van der Waals surface area contributed by atoms with E-state index in [1.165, 1.54) is 26.0 Å². The second-order valence-corrected chi connectivity index (χ2v) is 9.74. The molecule has 0 heterocycles. The minimum absolute atomic E-state index is 0.190. The van der Waals surface area contributed by atoms with Crippen molar-refractivity contribution in [3.8, 4) is 0 Å². The molecule has 174 valence electrons. The average molecular weight is 461 g/mol. The summed E-state index contributed by atoms with van der Waals surface area (Å²) in [6, 6.07) is 15.4. The van der Waals surface area contributed by atoms with Gasteiger partial charge in [-0.1, -0.05) is 55.0 Å². The Balaban J connectivity index is 2.45. The van der Waals surface area contributed by atoms with E-state index < -0.39 is 28.7 Å². The summed E-state index contributed by atoms with van der Waals surface area (Å²) in [6.07, 6.45) is 0.392. The van der Waals surface area contributed by atoms with Gasteiger partial charge in [0, 0.05) is 27.7 Å². The maximum atomic E-state index is 13.5. The zero-order chi connectivity index (χ0) is 23.9. The second kappa shape index (κ2) is 11.1. The molecule has 2 rings (SSSR count). The average Bonchev–Trinajstić information content (AvgIpc) is 2.78. The van der Waals surface area contributed by atoms with Gasteiger partial charge in [0.15, 0.2) is 0 Å². The van der Waals surface area contributed by atoms with Gasteiger partial charge >= 0.3 is 10.2 Å². The van der Waals surface area contributed by atoms with E-state index in [4.69, 9.17) is 0 Å². The summed E-state index contributed by atoms with van der Waals surface area (Å²) in [5.41, 5.74) is 2.31. The normalized spacial score (nSPS) is 12.3. The van der Waals surface area contributed by atoms with Crippen molar-refractivity contribution in [2.24, 2.45) is 0 Å². The van der Waals surface area contributed by atoms with Crippen LogP contribution in [-0.2, 0) is 26.3 Å². The topological polar surface area (TPSA) is 90.0 Å². The van der Waals surface area contributed by atoms with Gasteiger partial charge in [0.2, 0.25) is 11.8 Å². The van der Waals surface area contributed by atoms with Crippen molar-refractivity contribution < 1.29 is 18.0 Å². The molecule has 0 saturated carbocycles. The van der Waals surface area contributed by atoms with Crippen molar-refractivity contribution in [2.75, 3.05) is 32.0 Å². The number of likely N-dealkylation sites (N-methyl/N-ethyl adjacent to an activating group) is 1. The number of rotatable bonds is 10. The molecule has 0 fully saturated rings. The van der Waals surface area contributed by atoms with Crippen molar-refractivity contribution in [1.29, 1.82) is 0 Å². The van der Waals surface area contributed by atoms with Crippen molar-refractivity contribution in [3.63, 3.8) is 0 Å². The Kier molecular flexibility index (Phi) is 8.80. The zero-order valence-electron chi connectivity index (χ0n) is 19.3. The van der Waals surface area contributed by atoms with Gasteiger partial charge in [-0.2, -0.15) is 12.7 Å². The number of hydrogen-bond donors (Lipinski definition) is 1. The molecule has 2 aromatic rings. The first-order valence-electron chi connectivity index (χ1n) is 10.4. The molecule has 0 spiro atoms. The first-order valence-corrected chi connectivity index (χ1v) is 11.8.